The Kier molecular flexibility index (Phi) is 7.38. The number of carbonyl (C=O) groups is 2. The van der Waals surface area contributed by atoms with E-state index < -0.39 is 6.04 Å². The van der Waals surface area contributed by atoms with Crippen LogP contribution in [0.25, 0.3) is 0 Å². The van der Waals surface area contributed by atoms with Crippen LogP contribution in [-0.4, -0.2) is 40.4 Å². The molecule has 0 fully saturated rings. The van der Waals surface area contributed by atoms with Crippen molar-refractivity contribution in [2.24, 2.45) is 4.99 Å². The molecule has 0 unspecified atom stereocenters. The fraction of sp³-hybridized carbons (Fsp3) is 0.296. The molecule has 0 bridgehead atoms. The monoisotopic (exact) mass is 508 g/mol. The number of thioether (sulfide) groups is 1. The van der Waals surface area contributed by atoms with E-state index in [0.29, 0.717) is 22.8 Å². The van der Waals surface area contributed by atoms with Gasteiger partial charge in [0.2, 0.25) is 5.91 Å². The predicted octanol–water partition coefficient (Wildman–Crippen LogP) is 6.04. The van der Waals surface area contributed by atoms with Crippen LogP contribution in [0.2, 0.25) is 5.02 Å². The highest BCUT2D eigenvalue weighted by Gasteiger charge is 2.40. The number of anilines is 1. The van der Waals surface area contributed by atoms with Crippen LogP contribution in [0.4, 0.5) is 5.69 Å². The van der Waals surface area contributed by atoms with Gasteiger partial charge in [-0.05, 0) is 62.4 Å². The first-order chi connectivity index (χ1) is 16.7. The maximum Gasteiger partial charge on any atom is 0.255 e. The Morgan fingerprint density at radius 3 is 2.51 bits per heavy atom. The molecule has 0 aromatic heterocycles. The summed E-state index contributed by atoms with van der Waals surface area (Å²) >= 11 is 7.65. The minimum absolute atomic E-state index is 0.0167. The molecule has 8 heteroatoms. The molecule has 2 amide bonds. The van der Waals surface area contributed by atoms with Crippen LogP contribution in [0.15, 0.2) is 69.8 Å². The van der Waals surface area contributed by atoms with E-state index in [2.05, 4.69) is 5.32 Å². The number of aliphatic imine (C=N–C) groups is 1. The number of amidine groups is 1. The fourth-order valence-corrected chi connectivity index (χ4v) is 5.32. The summed E-state index contributed by atoms with van der Waals surface area (Å²) in [6.07, 6.45) is 0.228. The van der Waals surface area contributed by atoms with Crippen LogP contribution >= 0.6 is 23.4 Å². The van der Waals surface area contributed by atoms with Gasteiger partial charge in [0.15, 0.2) is 5.17 Å². The number of halogens is 1. The summed E-state index contributed by atoms with van der Waals surface area (Å²) in [4.78, 5) is 35.0. The average molecular weight is 509 g/mol. The summed E-state index contributed by atoms with van der Waals surface area (Å²) in [6.45, 7) is 8.44. The zero-order valence-electron chi connectivity index (χ0n) is 20.6. The van der Waals surface area contributed by atoms with E-state index in [4.69, 9.17) is 16.6 Å². The molecule has 0 spiro atoms. The van der Waals surface area contributed by atoms with Crippen molar-refractivity contribution < 1.29 is 9.59 Å². The largest absolute Gasteiger partial charge is 0.346 e. The van der Waals surface area contributed by atoms with Gasteiger partial charge in [0.25, 0.3) is 5.91 Å². The predicted molar refractivity (Wildman–Crippen MR) is 144 cm³/mol. The average Bonchev–Trinajstić information content (AvgIpc) is 3.21. The number of amides is 2. The van der Waals surface area contributed by atoms with Gasteiger partial charge in [-0.2, -0.15) is 0 Å². The van der Waals surface area contributed by atoms with Crippen molar-refractivity contribution in [2.45, 2.75) is 40.2 Å². The maximum absolute atomic E-state index is 13.7. The number of hydrogen-bond acceptors (Lipinski definition) is 5. The number of aryl methyl sites for hydroxylation is 2. The summed E-state index contributed by atoms with van der Waals surface area (Å²) < 4.78 is 0. The van der Waals surface area contributed by atoms with Crippen molar-refractivity contribution in [3.8, 4) is 0 Å². The van der Waals surface area contributed by atoms with Gasteiger partial charge in [0, 0.05) is 30.0 Å². The van der Waals surface area contributed by atoms with Gasteiger partial charge in [-0.25, -0.2) is 4.99 Å². The van der Waals surface area contributed by atoms with Gasteiger partial charge >= 0.3 is 0 Å². The number of carbonyl (C=O) groups excluding carboxylic acids is 2. The fourth-order valence-electron chi connectivity index (χ4n) is 4.23. The van der Waals surface area contributed by atoms with E-state index in [-0.39, 0.29) is 18.2 Å². The van der Waals surface area contributed by atoms with Gasteiger partial charge in [-0.3, -0.25) is 9.59 Å². The van der Waals surface area contributed by atoms with Crippen LogP contribution in [0.5, 0.6) is 0 Å². The van der Waals surface area contributed by atoms with E-state index >= 15 is 0 Å². The van der Waals surface area contributed by atoms with Crippen molar-refractivity contribution in [2.75, 3.05) is 18.9 Å². The Bertz CT molecular complexity index is 1270. The Hall–Kier alpha value is -3.03. The lowest BCUT2D eigenvalue weighted by molar-refractivity contribution is -0.129. The second kappa shape index (κ2) is 10.3. The minimum Gasteiger partial charge on any atom is -0.346 e. The van der Waals surface area contributed by atoms with Crippen molar-refractivity contribution in [1.29, 1.82) is 0 Å². The molecule has 2 heterocycles. The first-order valence-electron chi connectivity index (χ1n) is 11.5. The number of rotatable bonds is 6. The lowest BCUT2D eigenvalue weighted by atomic mass is 9.93. The van der Waals surface area contributed by atoms with Crippen LogP contribution in [0.3, 0.4) is 0 Å². The minimum atomic E-state index is -0.438. The number of nitrogens with zero attached hydrogens (tertiary/aromatic N) is 3. The molecule has 4 rings (SSSR count). The highest BCUT2D eigenvalue weighted by molar-refractivity contribution is 8.16. The molecule has 2 aromatic carbocycles. The number of allylic oxidation sites excluding steroid dienone is 1. The number of hydrogen-bond donors (Lipinski definition) is 1. The Morgan fingerprint density at radius 2 is 1.86 bits per heavy atom. The summed E-state index contributed by atoms with van der Waals surface area (Å²) in [5.74, 6) is -0.200. The molecule has 0 saturated carbocycles. The highest BCUT2D eigenvalue weighted by atomic mass is 35.5. The molecular formula is C27H29ClN4O2S. The van der Waals surface area contributed by atoms with Crippen LogP contribution in [-0.2, 0) is 9.59 Å². The van der Waals surface area contributed by atoms with Crippen LogP contribution in [0, 0.1) is 13.8 Å². The Morgan fingerprint density at radius 1 is 1.14 bits per heavy atom. The normalized spacial score (nSPS) is 17.1. The smallest absolute Gasteiger partial charge is 0.255 e. The Labute approximate surface area is 215 Å². The molecule has 182 valence electrons. The molecule has 2 aliphatic heterocycles. The van der Waals surface area contributed by atoms with E-state index in [1.54, 1.807) is 11.9 Å². The molecule has 6 nitrogen and oxygen atoms in total. The number of nitrogens with one attached hydrogen (secondary N) is 1. The maximum atomic E-state index is 13.7. The molecule has 35 heavy (non-hydrogen) atoms. The summed E-state index contributed by atoms with van der Waals surface area (Å²) in [5, 5.41) is 6.43. The molecule has 1 atom stereocenters. The molecular weight excluding hydrogens is 480 g/mol. The van der Waals surface area contributed by atoms with Gasteiger partial charge in [0.1, 0.15) is 0 Å². The summed E-state index contributed by atoms with van der Waals surface area (Å²) in [5.41, 5.74) is 5.80. The topological polar surface area (TPSA) is 65.0 Å². The lowest BCUT2D eigenvalue weighted by Crippen LogP contribution is -2.39. The standard InChI is InChI=1S/C27H29ClN4O2S/c1-6-31(5)23(33)14-21-15-35-27-29-18(4)24(25(32(21)27)19-8-10-20(28)11-9-19)26(34)30-22-12-7-16(2)13-17(22)3/h7-13,15,25H,6,14H2,1-5H3,(H,30,34)/t25-/m0/s1. The lowest BCUT2D eigenvalue weighted by Gasteiger charge is -2.37. The third-order valence-corrected chi connectivity index (χ3v) is 7.43. The second-order valence-corrected chi connectivity index (χ2v) is 10.1. The van der Waals surface area contributed by atoms with Crippen LogP contribution < -0.4 is 5.32 Å². The number of benzene rings is 2. The molecule has 0 radical (unpaired) electrons. The third-order valence-electron chi connectivity index (χ3n) is 6.29. The van der Waals surface area contributed by atoms with E-state index in [0.717, 1.165) is 33.2 Å². The summed E-state index contributed by atoms with van der Waals surface area (Å²) in [6, 6.07) is 13.0. The Balaban J connectivity index is 1.75. The number of fused-ring (bicyclic) bond motifs is 1. The first-order valence-corrected chi connectivity index (χ1v) is 12.8. The molecule has 0 saturated heterocycles. The third kappa shape index (κ3) is 5.16. The van der Waals surface area contributed by atoms with E-state index in [9.17, 15) is 9.59 Å². The van der Waals surface area contributed by atoms with Gasteiger partial charge in [0.05, 0.1) is 23.7 Å². The van der Waals surface area contributed by atoms with Crippen molar-refractivity contribution in [1.82, 2.24) is 9.80 Å². The molecule has 1 N–H and O–H groups in total. The molecule has 0 aliphatic carbocycles. The van der Waals surface area contributed by atoms with Crippen molar-refractivity contribution in [3.05, 3.63) is 86.6 Å². The second-order valence-electron chi connectivity index (χ2n) is 8.80. The SMILES string of the molecule is CCN(C)C(=O)CC1=CSC2=NC(C)=C(C(=O)Nc3ccc(C)cc3C)[C@H](c3ccc(Cl)cc3)N12. The molecule has 2 aliphatic rings. The summed E-state index contributed by atoms with van der Waals surface area (Å²) in [7, 11) is 1.79. The van der Waals surface area contributed by atoms with E-state index in [1.165, 1.54) is 11.8 Å². The van der Waals surface area contributed by atoms with Gasteiger partial charge < -0.3 is 15.1 Å². The van der Waals surface area contributed by atoms with Gasteiger partial charge in [-0.1, -0.05) is 53.2 Å². The van der Waals surface area contributed by atoms with E-state index in [1.807, 2.05) is 80.5 Å². The quantitative estimate of drug-likeness (QED) is 0.516. The zero-order chi connectivity index (χ0) is 25.3. The van der Waals surface area contributed by atoms with Crippen molar-refractivity contribution in [3.63, 3.8) is 0 Å². The molecule has 2 aromatic rings. The first kappa shape index (κ1) is 25.1. The van der Waals surface area contributed by atoms with Crippen molar-refractivity contribution >= 4 is 46.0 Å². The van der Waals surface area contributed by atoms with Gasteiger partial charge in [-0.15, -0.1) is 0 Å². The zero-order valence-corrected chi connectivity index (χ0v) is 22.1. The highest BCUT2D eigenvalue weighted by Crippen LogP contribution is 2.45. The van der Waals surface area contributed by atoms with Crippen LogP contribution in [0.1, 0.15) is 43.0 Å².